The Labute approximate surface area is 171 Å². The molecule has 29 heavy (non-hydrogen) atoms. The molecule has 9 nitrogen and oxygen atoms in total. The number of anilines is 2. The Morgan fingerprint density at radius 1 is 1.07 bits per heavy atom. The fourth-order valence-corrected chi connectivity index (χ4v) is 2.91. The third-order valence-corrected chi connectivity index (χ3v) is 4.42. The molecule has 4 amide bonds. The van der Waals surface area contributed by atoms with Gasteiger partial charge in [0, 0.05) is 31.0 Å². The molecule has 0 unspecified atom stereocenters. The number of hydrogen-bond donors (Lipinski definition) is 3. The molecular weight excluding hydrogens is 374 g/mol. The van der Waals surface area contributed by atoms with Crippen molar-refractivity contribution in [1.29, 1.82) is 0 Å². The van der Waals surface area contributed by atoms with Gasteiger partial charge in [-0.25, -0.2) is 4.79 Å². The number of likely N-dealkylation sites (N-methyl/N-ethyl adjacent to an activating group) is 1. The van der Waals surface area contributed by atoms with Gasteiger partial charge in [0.25, 0.3) is 0 Å². The van der Waals surface area contributed by atoms with E-state index in [0.717, 1.165) is 44.8 Å². The van der Waals surface area contributed by atoms with Gasteiger partial charge in [0.05, 0.1) is 26.3 Å². The summed E-state index contributed by atoms with van der Waals surface area (Å²) >= 11 is 0. The number of morpholine rings is 1. The van der Waals surface area contributed by atoms with Crippen LogP contribution in [0.2, 0.25) is 0 Å². The van der Waals surface area contributed by atoms with Crippen molar-refractivity contribution < 1.29 is 19.1 Å². The number of carbonyl (C=O) groups excluding carboxylic acids is 3. The number of urea groups is 1. The summed E-state index contributed by atoms with van der Waals surface area (Å²) in [6.45, 7) is 5.68. The molecule has 2 rings (SSSR count). The van der Waals surface area contributed by atoms with Gasteiger partial charge in [-0.2, -0.15) is 0 Å². The Bertz CT molecular complexity index is 674. The van der Waals surface area contributed by atoms with Crippen molar-refractivity contribution >= 4 is 29.2 Å². The largest absolute Gasteiger partial charge is 0.378 e. The monoisotopic (exact) mass is 405 g/mol. The maximum Gasteiger partial charge on any atom is 0.321 e. The Hall–Kier alpha value is -2.65. The summed E-state index contributed by atoms with van der Waals surface area (Å²) in [7, 11) is 1.65. The topological polar surface area (TPSA) is 103 Å². The van der Waals surface area contributed by atoms with Crippen molar-refractivity contribution in [3.05, 3.63) is 24.3 Å². The van der Waals surface area contributed by atoms with E-state index >= 15 is 0 Å². The minimum absolute atomic E-state index is 0.0378. The van der Waals surface area contributed by atoms with E-state index < -0.39 is 11.9 Å². The Morgan fingerprint density at radius 3 is 2.38 bits per heavy atom. The molecule has 9 heteroatoms. The molecule has 1 aromatic rings. The zero-order valence-electron chi connectivity index (χ0n) is 17.2. The second-order valence-electron chi connectivity index (χ2n) is 7.02. The summed E-state index contributed by atoms with van der Waals surface area (Å²) in [4.78, 5) is 39.4. The zero-order chi connectivity index (χ0) is 21.1. The molecule has 0 bridgehead atoms. The van der Waals surface area contributed by atoms with Crippen LogP contribution in [0.25, 0.3) is 0 Å². The molecule has 0 radical (unpaired) electrons. The van der Waals surface area contributed by atoms with Crippen LogP contribution in [0.15, 0.2) is 24.3 Å². The van der Waals surface area contributed by atoms with E-state index in [4.69, 9.17) is 4.74 Å². The second-order valence-corrected chi connectivity index (χ2v) is 7.02. The van der Waals surface area contributed by atoms with Gasteiger partial charge in [-0.15, -0.1) is 0 Å². The van der Waals surface area contributed by atoms with Gasteiger partial charge in [-0.3, -0.25) is 19.8 Å². The SMILES string of the molecule is CCCCNC(=O)NC(=O)CN(C)CC(=O)Nc1ccc(N2CCOCC2)cc1. The highest BCUT2D eigenvalue weighted by molar-refractivity contribution is 5.96. The maximum atomic E-state index is 12.2. The molecule has 0 spiro atoms. The van der Waals surface area contributed by atoms with Crippen LogP contribution in [0.5, 0.6) is 0 Å². The number of imide groups is 1. The second kappa shape index (κ2) is 12.0. The first kappa shape index (κ1) is 22.6. The van der Waals surface area contributed by atoms with E-state index in [1.807, 2.05) is 31.2 Å². The van der Waals surface area contributed by atoms with Crippen molar-refractivity contribution in [3.63, 3.8) is 0 Å². The molecule has 0 aromatic heterocycles. The third-order valence-electron chi connectivity index (χ3n) is 4.42. The van der Waals surface area contributed by atoms with Gasteiger partial charge in [0.1, 0.15) is 0 Å². The summed E-state index contributed by atoms with van der Waals surface area (Å²) in [5, 5.41) is 7.68. The van der Waals surface area contributed by atoms with Crippen LogP contribution in [-0.2, 0) is 14.3 Å². The summed E-state index contributed by atoms with van der Waals surface area (Å²) in [5.41, 5.74) is 1.79. The normalized spacial score (nSPS) is 13.8. The third kappa shape index (κ3) is 8.49. The van der Waals surface area contributed by atoms with E-state index in [2.05, 4.69) is 20.9 Å². The average molecular weight is 405 g/mol. The Morgan fingerprint density at radius 2 is 1.72 bits per heavy atom. The lowest BCUT2D eigenvalue weighted by Gasteiger charge is -2.28. The smallest absolute Gasteiger partial charge is 0.321 e. The molecule has 1 aliphatic heterocycles. The van der Waals surface area contributed by atoms with Crippen LogP contribution < -0.4 is 20.9 Å². The molecule has 1 saturated heterocycles. The lowest BCUT2D eigenvalue weighted by atomic mass is 10.2. The number of nitrogens with one attached hydrogen (secondary N) is 3. The van der Waals surface area contributed by atoms with Crippen LogP contribution in [-0.4, -0.2) is 75.7 Å². The van der Waals surface area contributed by atoms with Gasteiger partial charge < -0.3 is 20.3 Å². The molecule has 1 aliphatic rings. The predicted octanol–water partition coefficient (Wildman–Crippen LogP) is 1.02. The summed E-state index contributed by atoms with van der Waals surface area (Å²) < 4.78 is 5.35. The van der Waals surface area contributed by atoms with E-state index in [1.165, 1.54) is 0 Å². The van der Waals surface area contributed by atoms with Gasteiger partial charge in [0.2, 0.25) is 11.8 Å². The zero-order valence-corrected chi connectivity index (χ0v) is 17.2. The number of unbranched alkanes of at least 4 members (excludes halogenated alkanes) is 1. The van der Waals surface area contributed by atoms with Crippen LogP contribution >= 0.6 is 0 Å². The number of rotatable bonds is 9. The molecule has 1 fully saturated rings. The van der Waals surface area contributed by atoms with Crippen LogP contribution in [0.3, 0.4) is 0 Å². The highest BCUT2D eigenvalue weighted by Gasteiger charge is 2.14. The average Bonchev–Trinajstić information content (AvgIpc) is 2.69. The van der Waals surface area contributed by atoms with Crippen molar-refractivity contribution in [2.24, 2.45) is 0 Å². The molecule has 3 N–H and O–H groups in total. The maximum absolute atomic E-state index is 12.2. The fourth-order valence-electron chi connectivity index (χ4n) is 2.91. The molecule has 0 atom stereocenters. The van der Waals surface area contributed by atoms with E-state index in [-0.39, 0.29) is 19.0 Å². The molecule has 160 valence electrons. The minimum Gasteiger partial charge on any atom is -0.378 e. The van der Waals surface area contributed by atoms with Crippen LogP contribution in [0.1, 0.15) is 19.8 Å². The van der Waals surface area contributed by atoms with Crippen LogP contribution in [0, 0.1) is 0 Å². The van der Waals surface area contributed by atoms with E-state index in [0.29, 0.717) is 12.2 Å². The van der Waals surface area contributed by atoms with Gasteiger partial charge in [-0.1, -0.05) is 13.3 Å². The molecule has 0 aliphatic carbocycles. The number of amides is 4. The van der Waals surface area contributed by atoms with Gasteiger partial charge >= 0.3 is 6.03 Å². The highest BCUT2D eigenvalue weighted by Crippen LogP contribution is 2.18. The van der Waals surface area contributed by atoms with Gasteiger partial charge in [-0.05, 0) is 37.7 Å². The predicted molar refractivity (Wildman–Crippen MR) is 112 cm³/mol. The van der Waals surface area contributed by atoms with E-state index in [9.17, 15) is 14.4 Å². The minimum atomic E-state index is -0.512. The molecule has 1 aromatic carbocycles. The number of hydrogen-bond acceptors (Lipinski definition) is 6. The summed E-state index contributed by atoms with van der Waals surface area (Å²) in [6, 6.07) is 7.14. The van der Waals surface area contributed by atoms with Crippen molar-refractivity contribution in [2.75, 3.05) is 63.2 Å². The van der Waals surface area contributed by atoms with Crippen LogP contribution in [0.4, 0.5) is 16.2 Å². The van der Waals surface area contributed by atoms with Gasteiger partial charge in [0.15, 0.2) is 0 Å². The highest BCUT2D eigenvalue weighted by atomic mass is 16.5. The number of benzene rings is 1. The fraction of sp³-hybridized carbons (Fsp3) is 0.550. The molecule has 0 saturated carbocycles. The molecular formula is C20H31N5O4. The summed E-state index contributed by atoms with van der Waals surface area (Å²) in [6.07, 6.45) is 1.82. The summed E-state index contributed by atoms with van der Waals surface area (Å²) in [5.74, 6) is -0.684. The quantitative estimate of drug-likeness (QED) is 0.530. The Balaban J connectivity index is 1.71. The first-order valence-electron chi connectivity index (χ1n) is 9.96. The lowest BCUT2D eigenvalue weighted by Crippen LogP contribution is -2.45. The number of carbonyl (C=O) groups is 3. The number of nitrogens with zero attached hydrogens (tertiary/aromatic N) is 2. The van der Waals surface area contributed by atoms with Crippen molar-refractivity contribution in [1.82, 2.24) is 15.5 Å². The first-order chi connectivity index (χ1) is 14.0. The molecule has 1 heterocycles. The first-order valence-corrected chi connectivity index (χ1v) is 9.96. The Kier molecular flexibility index (Phi) is 9.39. The van der Waals surface area contributed by atoms with Crippen molar-refractivity contribution in [2.45, 2.75) is 19.8 Å². The lowest BCUT2D eigenvalue weighted by molar-refractivity contribution is -0.122. The number of ether oxygens (including phenoxy) is 1. The van der Waals surface area contributed by atoms with E-state index in [1.54, 1.807) is 11.9 Å². The van der Waals surface area contributed by atoms with Crippen molar-refractivity contribution in [3.8, 4) is 0 Å². The standard InChI is InChI=1S/C20H31N5O4/c1-3-4-9-21-20(28)23-19(27)15-24(2)14-18(26)22-16-5-7-17(8-6-16)25-10-12-29-13-11-25/h5-8H,3-4,9-15H2,1-2H3,(H,22,26)(H2,21,23,27,28).